The molecule has 0 amide bonds. The van der Waals surface area contributed by atoms with Crippen molar-refractivity contribution in [2.24, 2.45) is 0 Å². The molecule has 0 bridgehead atoms. The highest BCUT2D eigenvalue weighted by atomic mass is 16.3. The Morgan fingerprint density at radius 1 is 1.50 bits per heavy atom. The summed E-state index contributed by atoms with van der Waals surface area (Å²) >= 11 is 0. The third-order valence-corrected chi connectivity index (χ3v) is 3.30. The van der Waals surface area contributed by atoms with Gasteiger partial charge in [0.25, 0.3) is 0 Å². The van der Waals surface area contributed by atoms with Crippen LogP contribution in [0.2, 0.25) is 0 Å². The molecule has 1 aliphatic heterocycles. The molecular formula is C13H22N4O. The summed E-state index contributed by atoms with van der Waals surface area (Å²) in [5.41, 5.74) is 1.07. The fourth-order valence-corrected chi connectivity index (χ4v) is 2.33. The predicted molar refractivity (Wildman–Crippen MR) is 73.0 cm³/mol. The second-order valence-corrected chi connectivity index (χ2v) is 4.84. The van der Waals surface area contributed by atoms with E-state index in [9.17, 15) is 5.11 Å². The van der Waals surface area contributed by atoms with Gasteiger partial charge in [0.2, 0.25) is 0 Å². The van der Waals surface area contributed by atoms with Crippen LogP contribution in [0.5, 0.6) is 0 Å². The van der Waals surface area contributed by atoms with Gasteiger partial charge in [-0.2, -0.15) is 0 Å². The van der Waals surface area contributed by atoms with Crippen LogP contribution in [0.15, 0.2) is 6.33 Å². The van der Waals surface area contributed by atoms with E-state index in [0.717, 1.165) is 49.6 Å². The highest BCUT2D eigenvalue weighted by Crippen LogP contribution is 2.25. The highest BCUT2D eigenvalue weighted by Gasteiger charge is 2.21. The Kier molecular flexibility index (Phi) is 4.36. The SMILES string of the molecule is CCCNc1ncnc(N2CCCC(O)C2)c1C. The van der Waals surface area contributed by atoms with Crippen molar-refractivity contribution in [3.05, 3.63) is 11.9 Å². The number of nitrogens with zero attached hydrogens (tertiary/aromatic N) is 3. The summed E-state index contributed by atoms with van der Waals surface area (Å²) in [6, 6.07) is 0. The molecule has 1 unspecified atom stereocenters. The maximum absolute atomic E-state index is 9.74. The number of aromatic nitrogens is 2. The zero-order valence-corrected chi connectivity index (χ0v) is 11.2. The van der Waals surface area contributed by atoms with Crippen LogP contribution in [0.25, 0.3) is 0 Å². The van der Waals surface area contributed by atoms with E-state index in [0.29, 0.717) is 6.54 Å². The number of hydrogen-bond acceptors (Lipinski definition) is 5. The Bertz CT molecular complexity index is 397. The lowest BCUT2D eigenvalue weighted by Gasteiger charge is -2.32. The molecule has 1 aliphatic rings. The Morgan fingerprint density at radius 3 is 3.06 bits per heavy atom. The van der Waals surface area contributed by atoms with E-state index in [-0.39, 0.29) is 6.10 Å². The minimum absolute atomic E-state index is 0.236. The Balaban J connectivity index is 2.16. The Hall–Kier alpha value is -1.36. The van der Waals surface area contributed by atoms with Gasteiger partial charge in [-0.15, -0.1) is 0 Å². The van der Waals surface area contributed by atoms with Crippen molar-refractivity contribution in [1.29, 1.82) is 0 Å². The van der Waals surface area contributed by atoms with E-state index in [4.69, 9.17) is 0 Å². The van der Waals surface area contributed by atoms with Gasteiger partial charge < -0.3 is 15.3 Å². The molecule has 1 saturated heterocycles. The fourth-order valence-electron chi connectivity index (χ4n) is 2.33. The lowest BCUT2D eigenvalue weighted by atomic mass is 10.1. The van der Waals surface area contributed by atoms with Crippen LogP contribution < -0.4 is 10.2 Å². The highest BCUT2D eigenvalue weighted by molar-refractivity contribution is 5.58. The first kappa shape index (κ1) is 13.1. The molecule has 2 heterocycles. The number of anilines is 2. The van der Waals surface area contributed by atoms with Crippen LogP contribution in [-0.4, -0.2) is 40.8 Å². The number of aliphatic hydroxyl groups is 1. The minimum atomic E-state index is -0.236. The van der Waals surface area contributed by atoms with E-state index >= 15 is 0 Å². The third kappa shape index (κ3) is 2.90. The number of aliphatic hydroxyl groups excluding tert-OH is 1. The first-order valence-electron chi connectivity index (χ1n) is 6.71. The number of β-amino-alcohol motifs (C(OH)–C–C–N with tert-alkyl or cyclic N) is 1. The second kappa shape index (κ2) is 6.00. The van der Waals surface area contributed by atoms with Crippen LogP contribution in [0.4, 0.5) is 11.6 Å². The van der Waals surface area contributed by atoms with Crippen LogP contribution >= 0.6 is 0 Å². The van der Waals surface area contributed by atoms with E-state index in [1.54, 1.807) is 6.33 Å². The molecule has 2 N–H and O–H groups in total. The molecule has 0 saturated carbocycles. The molecule has 18 heavy (non-hydrogen) atoms. The van der Waals surface area contributed by atoms with Crippen molar-refractivity contribution in [3.63, 3.8) is 0 Å². The van der Waals surface area contributed by atoms with Crippen LogP contribution in [0.3, 0.4) is 0 Å². The second-order valence-electron chi connectivity index (χ2n) is 4.84. The molecule has 100 valence electrons. The van der Waals surface area contributed by atoms with Gasteiger partial charge in [-0.05, 0) is 26.2 Å². The normalized spacial score (nSPS) is 19.9. The zero-order chi connectivity index (χ0) is 13.0. The molecular weight excluding hydrogens is 228 g/mol. The van der Waals surface area contributed by atoms with Crippen molar-refractivity contribution in [2.45, 2.75) is 39.2 Å². The summed E-state index contributed by atoms with van der Waals surface area (Å²) in [5.74, 6) is 1.85. The average Bonchev–Trinajstić information content (AvgIpc) is 2.37. The van der Waals surface area contributed by atoms with E-state index < -0.39 is 0 Å². The summed E-state index contributed by atoms with van der Waals surface area (Å²) in [6.45, 7) is 6.72. The number of rotatable bonds is 4. The zero-order valence-electron chi connectivity index (χ0n) is 11.2. The molecule has 2 rings (SSSR count). The Labute approximate surface area is 108 Å². The van der Waals surface area contributed by atoms with E-state index in [2.05, 4.69) is 27.1 Å². The van der Waals surface area contributed by atoms with Gasteiger partial charge in [-0.3, -0.25) is 0 Å². The minimum Gasteiger partial charge on any atom is -0.391 e. The largest absolute Gasteiger partial charge is 0.391 e. The molecule has 1 aromatic heterocycles. The molecule has 1 atom stereocenters. The maximum atomic E-state index is 9.74. The molecule has 0 spiro atoms. The molecule has 0 radical (unpaired) electrons. The standard InChI is InChI=1S/C13H22N4O/c1-3-6-14-12-10(2)13(16-9-15-12)17-7-4-5-11(18)8-17/h9,11,18H,3-8H2,1-2H3,(H,14,15,16). The molecule has 1 fully saturated rings. The molecule has 0 aromatic carbocycles. The predicted octanol–water partition coefficient (Wildman–Crippen LogP) is 1.57. The third-order valence-electron chi connectivity index (χ3n) is 3.30. The lowest BCUT2D eigenvalue weighted by Crippen LogP contribution is -2.39. The van der Waals surface area contributed by atoms with Crippen LogP contribution in [0, 0.1) is 6.92 Å². The van der Waals surface area contributed by atoms with Gasteiger partial charge in [-0.1, -0.05) is 6.92 Å². The van der Waals surface area contributed by atoms with Crippen molar-refractivity contribution < 1.29 is 5.11 Å². The summed E-state index contributed by atoms with van der Waals surface area (Å²) in [5, 5.41) is 13.1. The van der Waals surface area contributed by atoms with Gasteiger partial charge >= 0.3 is 0 Å². The summed E-state index contributed by atoms with van der Waals surface area (Å²) in [4.78, 5) is 10.8. The smallest absolute Gasteiger partial charge is 0.137 e. The van der Waals surface area contributed by atoms with E-state index in [1.807, 2.05) is 6.92 Å². The number of piperidine rings is 1. The van der Waals surface area contributed by atoms with Crippen LogP contribution in [0.1, 0.15) is 31.7 Å². The topological polar surface area (TPSA) is 61.3 Å². The molecule has 1 aromatic rings. The van der Waals surface area contributed by atoms with Crippen molar-refractivity contribution in [3.8, 4) is 0 Å². The van der Waals surface area contributed by atoms with Gasteiger partial charge in [-0.25, -0.2) is 9.97 Å². The van der Waals surface area contributed by atoms with Gasteiger partial charge in [0, 0.05) is 25.2 Å². The summed E-state index contributed by atoms with van der Waals surface area (Å²) in [6.07, 6.45) is 4.34. The molecule has 5 heteroatoms. The first-order chi connectivity index (χ1) is 8.72. The van der Waals surface area contributed by atoms with Crippen molar-refractivity contribution in [2.75, 3.05) is 29.9 Å². The average molecular weight is 250 g/mol. The van der Waals surface area contributed by atoms with E-state index in [1.165, 1.54) is 0 Å². The van der Waals surface area contributed by atoms with Crippen molar-refractivity contribution in [1.82, 2.24) is 9.97 Å². The van der Waals surface area contributed by atoms with Crippen molar-refractivity contribution >= 4 is 11.6 Å². The van der Waals surface area contributed by atoms with Gasteiger partial charge in [0.15, 0.2) is 0 Å². The number of nitrogens with one attached hydrogen (secondary N) is 1. The molecule has 0 aliphatic carbocycles. The summed E-state index contributed by atoms with van der Waals surface area (Å²) in [7, 11) is 0. The lowest BCUT2D eigenvalue weighted by molar-refractivity contribution is 0.154. The quantitative estimate of drug-likeness (QED) is 0.849. The van der Waals surface area contributed by atoms with Crippen LogP contribution in [-0.2, 0) is 0 Å². The summed E-state index contributed by atoms with van der Waals surface area (Å²) < 4.78 is 0. The Morgan fingerprint density at radius 2 is 2.33 bits per heavy atom. The van der Waals surface area contributed by atoms with Gasteiger partial charge in [0.1, 0.15) is 18.0 Å². The van der Waals surface area contributed by atoms with Gasteiger partial charge in [0.05, 0.1) is 6.10 Å². The fraction of sp³-hybridized carbons (Fsp3) is 0.692. The maximum Gasteiger partial charge on any atom is 0.137 e. The molecule has 5 nitrogen and oxygen atoms in total. The first-order valence-corrected chi connectivity index (χ1v) is 6.71. The monoisotopic (exact) mass is 250 g/mol. The number of hydrogen-bond donors (Lipinski definition) is 2.